The number of amides is 1. The summed E-state index contributed by atoms with van der Waals surface area (Å²) >= 11 is 6.14. The standard InChI is InChI=1S/C17H23ClN2O4S/c1-25(23,24)20-9-14-6-7-19(10-17(14,11-20)12-21)16(22)8-13-4-2-3-5-15(13)18/h2-5,14,21H,6-12H2,1H3. The van der Waals surface area contributed by atoms with Gasteiger partial charge in [0.15, 0.2) is 0 Å². The maximum atomic E-state index is 12.7. The molecule has 2 saturated heterocycles. The summed E-state index contributed by atoms with van der Waals surface area (Å²) in [4.78, 5) is 14.4. The van der Waals surface area contributed by atoms with Crippen LogP contribution in [0.15, 0.2) is 24.3 Å². The SMILES string of the molecule is CS(=O)(=O)N1CC2CCN(C(=O)Cc3ccccc3Cl)CC2(CO)C1. The molecule has 1 aromatic rings. The Morgan fingerprint density at radius 1 is 1.36 bits per heavy atom. The molecule has 0 saturated carbocycles. The van der Waals surface area contributed by atoms with Gasteiger partial charge in [-0.2, -0.15) is 0 Å². The maximum Gasteiger partial charge on any atom is 0.227 e. The smallest absolute Gasteiger partial charge is 0.227 e. The largest absolute Gasteiger partial charge is 0.396 e. The van der Waals surface area contributed by atoms with Crippen LogP contribution in [0.5, 0.6) is 0 Å². The van der Waals surface area contributed by atoms with Crippen molar-refractivity contribution in [3.63, 3.8) is 0 Å². The highest BCUT2D eigenvalue weighted by Crippen LogP contribution is 2.42. The molecule has 2 fully saturated rings. The highest BCUT2D eigenvalue weighted by molar-refractivity contribution is 7.88. The zero-order chi connectivity index (χ0) is 18.2. The van der Waals surface area contributed by atoms with E-state index in [-0.39, 0.29) is 31.4 Å². The van der Waals surface area contributed by atoms with Gasteiger partial charge >= 0.3 is 0 Å². The minimum absolute atomic E-state index is 0.0443. The van der Waals surface area contributed by atoms with Crippen molar-refractivity contribution < 1.29 is 18.3 Å². The molecule has 6 nitrogen and oxygen atoms in total. The Morgan fingerprint density at radius 3 is 2.72 bits per heavy atom. The maximum absolute atomic E-state index is 12.7. The lowest BCUT2D eigenvalue weighted by molar-refractivity contribution is -0.135. The number of aliphatic hydroxyl groups is 1. The van der Waals surface area contributed by atoms with E-state index in [0.717, 1.165) is 5.56 Å². The summed E-state index contributed by atoms with van der Waals surface area (Å²) in [6.07, 6.45) is 2.10. The predicted octanol–water partition coefficient (Wildman–Crippen LogP) is 0.985. The van der Waals surface area contributed by atoms with E-state index in [1.807, 2.05) is 18.2 Å². The second-order valence-electron chi connectivity index (χ2n) is 7.15. The number of carbonyl (C=O) groups excluding carboxylic acids is 1. The van der Waals surface area contributed by atoms with E-state index < -0.39 is 15.4 Å². The van der Waals surface area contributed by atoms with E-state index in [4.69, 9.17) is 11.6 Å². The first-order valence-corrected chi connectivity index (χ1v) is 10.5. The average molecular weight is 387 g/mol. The van der Waals surface area contributed by atoms with Crippen molar-refractivity contribution in [3.8, 4) is 0 Å². The van der Waals surface area contributed by atoms with Gasteiger partial charge in [-0.25, -0.2) is 12.7 Å². The minimum atomic E-state index is -3.30. The summed E-state index contributed by atoms with van der Waals surface area (Å²) in [5, 5.41) is 10.6. The summed E-state index contributed by atoms with van der Waals surface area (Å²) in [5.74, 6) is 0.0359. The summed E-state index contributed by atoms with van der Waals surface area (Å²) in [5.41, 5.74) is 0.204. The third-order valence-electron chi connectivity index (χ3n) is 5.47. The van der Waals surface area contributed by atoms with Crippen LogP contribution in [0.25, 0.3) is 0 Å². The van der Waals surface area contributed by atoms with Crippen LogP contribution in [0.2, 0.25) is 5.02 Å². The van der Waals surface area contributed by atoms with Crippen LogP contribution in [-0.2, 0) is 21.2 Å². The number of aliphatic hydroxyl groups excluding tert-OH is 1. The Labute approximate surface area is 153 Å². The molecule has 0 aliphatic carbocycles. The molecule has 0 spiro atoms. The number of piperidine rings is 1. The third-order valence-corrected chi connectivity index (χ3v) is 7.06. The number of rotatable bonds is 4. The molecule has 2 aliphatic heterocycles. The number of likely N-dealkylation sites (tertiary alicyclic amines) is 1. The van der Waals surface area contributed by atoms with E-state index in [1.165, 1.54) is 10.6 Å². The van der Waals surface area contributed by atoms with Crippen molar-refractivity contribution in [2.45, 2.75) is 12.8 Å². The number of benzene rings is 1. The van der Waals surface area contributed by atoms with Crippen molar-refractivity contribution in [2.75, 3.05) is 39.0 Å². The first kappa shape index (κ1) is 18.6. The molecule has 1 N–H and O–H groups in total. The fourth-order valence-corrected chi connectivity index (χ4v) is 5.09. The van der Waals surface area contributed by atoms with E-state index in [0.29, 0.717) is 31.1 Å². The number of nitrogens with zero attached hydrogens (tertiary/aromatic N) is 2. The Bertz CT molecular complexity index is 770. The van der Waals surface area contributed by atoms with Crippen molar-refractivity contribution in [1.29, 1.82) is 0 Å². The van der Waals surface area contributed by atoms with Crippen LogP contribution in [0, 0.1) is 11.3 Å². The van der Waals surface area contributed by atoms with Gasteiger partial charge < -0.3 is 10.0 Å². The highest BCUT2D eigenvalue weighted by atomic mass is 35.5. The van der Waals surface area contributed by atoms with E-state index in [2.05, 4.69) is 0 Å². The first-order valence-electron chi connectivity index (χ1n) is 8.32. The molecule has 1 amide bonds. The quantitative estimate of drug-likeness (QED) is 0.836. The molecular weight excluding hydrogens is 364 g/mol. The number of halogens is 1. The molecule has 8 heteroatoms. The van der Waals surface area contributed by atoms with Crippen LogP contribution >= 0.6 is 11.6 Å². The van der Waals surface area contributed by atoms with Gasteiger partial charge in [0.1, 0.15) is 0 Å². The lowest BCUT2D eigenvalue weighted by Gasteiger charge is -2.43. The van der Waals surface area contributed by atoms with E-state index in [1.54, 1.807) is 11.0 Å². The number of hydrogen-bond donors (Lipinski definition) is 1. The molecule has 0 aromatic heterocycles. The molecule has 3 rings (SSSR count). The number of carbonyl (C=O) groups is 1. The second-order valence-corrected chi connectivity index (χ2v) is 9.53. The molecule has 2 heterocycles. The highest BCUT2D eigenvalue weighted by Gasteiger charge is 2.52. The van der Waals surface area contributed by atoms with Gasteiger partial charge in [0, 0.05) is 36.6 Å². The Balaban J connectivity index is 1.74. The molecule has 0 bridgehead atoms. The fraction of sp³-hybridized carbons (Fsp3) is 0.588. The molecule has 2 atom stereocenters. The van der Waals surface area contributed by atoms with Gasteiger partial charge in [-0.05, 0) is 24.0 Å². The zero-order valence-electron chi connectivity index (χ0n) is 14.2. The Morgan fingerprint density at radius 2 is 2.08 bits per heavy atom. The van der Waals surface area contributed by atoms with Gasteiger partial charge in [-0.15, -0.1) is 0 Å². The summed E-state index contributed by atoms with van der Waals surface area (Å²) in [6.45, 7) is 1.52. The van der Waals surface area contributed by atoms with Crippen LogP contribution in [0.3, 0.4) is 0 Å². The van der Waals surface area contributed by atoms with Gasteiger partial charge in [-0.1, -0.05) is 29.8 Å². The predicted molar refractivity (Wildman–Crippen MR) is 95.8 cm³/mol. The van der Waals surface area contributed by atoms with Crippen molar-refractivity contribution in [1.82, 2.24) is 9.21 Å². The summed E-state index contributed by atoms with van der Waals surface area (Å²) in [7, 11) is -3.30. The van der Waals surface area contributed by atoms with E-state index >= 15 is 0 Å². The number of hydrogen-bond acceptors (Lipinski definition) is 4. The van der Waals surface area contributed by atoms with Crippen LogP contribution in [0.4, 0.5) is 0 Å². The summed E-state index contributed by atoms with van der Waals surface area (Å²) in [6, 6.07) is 7.25. The monoisotopic (exact) mass is 386 g/mol. The Hall–Kier alpha value is -1.15. The lowest BCUT2D eigenvalue weighted by atomic mass is 9.74. The van der Waals surface area contributed by atoms with Crippen LogP contribution in [-0.4, -0.2) is 67.7 Å². The molecular formula is C17H23ClN2O4S. The number of fused-ring (bicyclic) bond motifs is 1. The van der Waals surface area contributed by atoms with Crippen molar-refractivity contribution in [3.05, 3.63) is 34.9 Å². The van der Waals surface area contributed by atoms with E-state index in [9.17, 15) is 18.3 Å². The molecule has 2 aliphatic rings. The summed E-state index contributed by atoms with van der Waals surface area (Å²) < 4.78 is 25.2. The van der Waals surface area contributed by atoms with Crippen molar-refractivity contribution >= 4 is 27.5 Å². The molecule has 1 aromatic carbocycles. The Kier molecular flexibility index (Phi) is 5.12. The van der Waals surface area contributed by atoms with Gasteiger partial charge in [0.2, 0.25) is 15.9 Å². The minimum Gasteiger partial charge on any atom is -0.396 e. The van der Waals surface area contributed by atoms with Gasteiger partial charge in [0.25, 0.3) is 0 Å². The second kappa shape index (κ2) is 6.87. The molecule has 2 unspecified atom stereocenters. The fourth-order valence-electron chi connectivity index (χ4n) is 3.94. The van der Waals surface area contributed by atoms with Gasteiger partial charge in [0.05, 0.1) is 19.3 Å². The van der Waals surface area contributed by atoms with Crippen LogP contribution in [0.1, 0.15) is 12.0 Å². The van der Waals surface area contributed by atoms with Crippen LogP contribution < -0.4 is 0 Å². The molecule has 0 radical (unpaired) electrons. The number of sulfonamides is 1. The first-order chi connectivity index (χ1) is 11.7. The average Bonchev–Trinajstić information content (AvgIpc) is 2.96. The lowest BCUT2D eigenvalue weighted by Crippen LogP contribution is -2.53. The zero-order valence-corrected chi connectivity index (χ0v) is 15.8. The van der Waals surface area contributed by atoms with Crippen molar-refractivity contribution in [2.24, 2.45) is 11.3 Å². The molecule has 25 heavy (non-hydrogen) atoms. The normalized spacial score (nSPS) is 27.3. The van der Waals surface area contributed by atoms with Gasteiger partial charge in [-0.3, -0.25) is 4.79 Å². The third kappa shape index (κ3) is 3.69. The molecule has 138 valence electrons. The topological polar surface area (TPSA) is 77.9 Å².